The van der Waals surface area contributed by atoms with Crippen molar-refractivity contribution in [3.8, 4) is 0 Å². The summed E-state index contributed by atoms with van der Waals surface area (Å²) in [7, 11) is 0. The van der Waals surface area contributed by atoms with Crippen molar-refractivity contribution in [2.24, 2.45) is 0 Å². The van der Waals surface area contributed by atoms with Crippen LogP contribution >= 0.6 is 0 Å². The molecule has 0 atom stereocenters. The third-order valence-corrected chi connectivity index (χ3v) is 4.43. The molecule has 124 valence electrons. The van der Waals surface area contributed by atoms with Gasteiger partial charge in [0.2, 0.25) is 0 Å². The van der Waals surface area contributed by atoms with Gasteiger partial charge in [-0.1, -0.05) is 30.3 Å². The molecular formula is C19H22N3O2+. The summed E-state index contributed by atoms with van der Waals surface area (Å²) in [6.07, 6.45) is 3.92. The molecule has 1 aliphatic rings. The fourth-order valence-electron chi connectivity index (χ4n) is 3.07. The Hall–Kier alpha value is -2.66. The highest BCUT2D eigenvalue weighted by Gasteiger charge is 2.19. The van der Waals surface area contributed by atoms with Gasteiger partial charge in [0.25, 0.3) is 5.69 Å². The highest BCUT2D eigenvalue weighted by molar-refractivity contribution is 5.60. The average Bonchev–Trinajstić information content (AvgIpc) is 2.63. The van der Waals surface area contributed by atoms with Crippen molar-refractivity contribution < 1.29 is 9.82 Å². The van der Waals surface area contributed by atoms with Crippen LogP contribution in [0.4, 0.5) is 11.4 Å². The zero-order valence-electron chi connectivity index (χ0n) is 13.6. The summed E-state index contributed by atoms with van der Waals surface area (Å²) in [6, 6.07) is 17.4. The number of rotatable bonds is 5. The van der Waals surface area contributed by atoms with E-state index in [2.05, 4.69) is 35.2 Å². The topological polar surface area (TPSA) is 50.8 Å². The summed E-state index contributed by atoms with van der Waals surface area (Å²) < 4.78 is 0. The Labute approximate surface area is 142 Å². The molecule has 3 rings (SSSR count). The lowest BCUT2D eigenvalue weighted by Crippen LogP contribution is -3.14. The SMILES string of the molecule is O=[N+]([O-])c1ccccc1/C=C/C[NH+]1CCN(c2ccccc2)CC1. The molecule has 1 fully saturated rings. The van der Waals surface area contributed by atoms with Gasteiger partial charge in [0.1, 0.15) is 0 Å². The molecule has 0 unspecified atom stereocenters. The Morgan fingerprint density at radius 2 is 1.71 bits per heavy atom. The van der Waals surface area contributed by atoms with Crippen molar-refractivity contribution in [3.63, 3.8) is 0 Å². The summed E-state index contributed by atoms with van der Waals surface area (Å²) in [5.74, 6) is 0. The molecule has 0 amide bonds. The van der Waals surface area contributed by atoms with E-state index in [1.54, 1.807) is 18.2 Å². The van der Waals surface area contributed by atoms with Crippen LogP contribution in [0.2, 0.25) is 0 Å². The number of anilines is 1. The van der Waals surface area contributed by atoms with Crippen LogP contribution in [0, 0.1) is 10.1 Å². The molecule has 1 heterocycles. The summed E-state index contributed by atoms with van der Waals surface area (Å²) in [6.45, 7) is 5.14. The second-order valence-electron chi connectivity index (χ2n) is 6.00. The number of quaternary nitrogens is 1. The van der Waals surface area contributed by atoms with Gasteiger partial charge in [-0.25, -0.2) is 0 Å². The van der Waals surface area contributed by atoms with E-state index in [0.29, 0.717) is 5.56 Å². The van der Waals surface area contributed by atoms with E-state index in [1.165, 1.54) is 10.6 Å². The molecule has 0 aliphatic carbocycles. The van der Waals surface area contributed by atoms with E-state index < -0.39 is 0 Å². The predicted octanol–water partition coefficient (Wildman–Crippen LogP) is 2.01. The van der Waals surface area contributed by atoms with Gasteiger partial charge in [0.15, 0.2) is 0 Å². The molecule has 1 saturated heterocycles. The first-order valence-corrected chi connectivity index (χ1v) is 8.27. The van der Waals surface area contributed by atoms with Gasteiger partial charge >= 0.3 is 0 Å². The molecule has 1 aliphatic heterocycles. The number of nitro groups is 1. The monoisotopic (exact) mass is 324 g/mol. The van der Waals surface area contributed by atoms with Crippen LogP contribution in [-0.2, 0) is 0 Å². The van der Waals surface area contributed by atoms with Crippen LogP contribution in [-0.4, -0.2) is 37.6 Å². The average molecular weight is 324 g/mol. The lowest BCUT2D eigenvalue weighted by molar-refractivity contribution is -0.894. The highest BCUT2D eigenvalue weighted by Crippen LogP contribution is 2.18. The van der Waals surface area contributed by atoms with Crippen molar-refractivity contribution in [1.82, 2.24) is 0 Å². The minimum atomic E-state index is -0.328. The summed E-state index contributed by atoms with van der Waals surface area (Å²) in [5.41, 5.74) is 2.12. The first-order chi connectivity index (χ1) is 11.7. The van der Waals surface area contributed by atoms with Crippen LogP contribution in [0.3, 0.4) is 0 Å². The molecule has 0 bridgehead atoms. The van der Waals surface area contributed by atoms with Gasteiger partial charge in [0, 0.05) is 11.8 Å². The van der Waals surface area contributed by atoms with Gasteiger partial charge in [-0.15, -0.1) is 0 Å². The van der Waals surface area contributed by atoms with Crippen molar-refractivity contribution >= 4 is 17.5 Å². The molecule has 0 aromatic heterocycles. The quantitative estimate of drug-likeness (QED) is 0.676. The predicted molar refractivity (Wildman–Crippen MR) is 96.3 cm³/mol. The second-order valence-corrected chi connectivity index (χ2v) is 6.00. The second kappa shape index (κ2) is 7.75. The van der Waals surface area contributed by atoms with E-state index >= 15 is 0 Å². The van der Waals surface area contributed by atoms with Crippen molar-refractivity contribution in [2.75, 3.05) is 37.6 Å². The molecule has 0 radical (unpaired) electrons. The van der Waals surface area contributed by atoms with Crippen LogP contribution in [0.15, 0.2) is 60.7 Å². The Balaban J connectivity index is 1.53. The molecule has 24 heavy (non-hydrogen) atoms. The van der Waals surface area contributed by atoms with Gasteiger partial charge in [-0.2, -0.15) is 0 Å². The van der Waals surface area contributed by atoms with Crippen molar-refractivity contribution in [3.05, 3.63) is 76.4 Å². The Morgan fingerprint density at radius 1 is 1.04 bits per heavy atom. The lowest BCUT2D eigenvalue weighted by Gasteiger charge is -2.33. The van der Waals surface area contributed by atoms with Gasteiger partial charge in [-0.3, -0.25) is 10.1 Å². The van der Waals surface area contributed by atoms with Crippen LogP contribution in [0.25, 0.3) is 6.08 Å². The largest absolute Gasteiger partial charge is 0.360 e. The Kier molecular flexibility index (Phi) is 5.23. The third kappa shape index (κ3) is 4.00. The van der Waals surface area contributed by atoms with E-state index in [0.717, 1.165) is 32.7 Å². The normalized spacial score (nSPS) is 15.8. The molecule has 2 aromatic carbocycles. The third-order valence-electron chi connectivity index (χ3n) is 4.43. The number of nitrogens with one attached hydrogen (secondary N) is 1. The summed E-state index contributed by atoms with van der Waals surface area (Å²) >= 11 is 0. The number of benzene rings is 2. The zero-order valence-corrected chi connectivity index (χ0v) is 13.6. The number of hydrogen-bond acceptors (Lipinski definition) is 3. The number of nitro benzene ring substituents is 1. The number of nitrogens with zero attached hydrogens (tertiary/aromatic N) is 2. The van der Waals surface area contributed by atoms with E-state index in [4.69, 9.17) is 0 Å². The van der Waals surface area contributed by atoms with Crippen LogP contribution < -0.4 is 9.80 Å². The van der Waals surface area contributed by atoms with Gasteiger partial charge in [-0.05, 0) is 30.4 Å². The number of para-hydroxylation sites is 2. The zero-order chi connectivity index (χ0) is 16.8. The van der Waals surface area contributed by atoms with E-state index in [-0.39, 0.29) is 10.6 Å². The Bertz CT molecular complexity index is 708. The Morgan fingerprint density at radius 3 is 2.42 bits per heavy atom. The van der Waals surface area contributed by atoms with Crippen LogP contribution in [0.1, 0.15) is 5.56 Å². The molecule has 1 N–H and O–H groups in total. The lowest BCUT2D eigenvalue weighted by atomic mass is 10.1. The standard InChI is InChI=1S/C19H21N3O2/c23-22(24)19-11-5-4-7-17(19)8-6-12-20-13-15-21(16-14-20)18-9-2-1-3-10-18/h1-11H,12-16H2/p+1/b8-6+. The maximum absolute atomic E-state index is 11.0. The van der Waals surface area contributed by atoms with Gasteiger partial charge in [0.05, 0.1) is 43.2 Å². The van der Waals surface area contributed by atoms with Crippen molar-refractivity contribution in [1.29, 1.82) is 0 Å². The molecule has 2 aromatic rings. The molecule has 0 spiro atoms. The minimum absolute atomic E-state index is 0.164. The molecule has 0 saturated carbocycles. The molecule has 5 heteroatoms. The van der Waals surface area contributed by atoms with E-state index in [9.17, 15) is 10.1 Å². The fraction of sp³-hybridized carbons (Fsp3) is 0.263. The van der Waals surface area contributed by atoms with Gasteiger partial charge < -0.3 is 9.80 Å². The molecule has 5 nitrogen and oxygen atoms in total. The highest BCUT2D eigenvalue weighted by atomic mass is 16.6. The first kappa shape index (κ1) is 16.2. The first-order valence-electron chi connectivity index (χ1n) is 8.27. The minimum Gasteiger partial charge on any atom is -0.360 e. The van der Waals surface area contributed by atoms with Crippen molar-refractivity contribution in [2.45, 2.75) is 0 Å². The summed E-state index contributed by atoms with van der Waals surface area (Å²) in [4.78, 5) is 14.6. The van der Waals surface area contributed by atoms with Crippen LogP contribution in [0.5, 0.6) is 0 Å². The number of hydrogen-bond donors (Lipinski definition) is 1. The number of piperazine rings is 1. The summed E-state index contributed by atoms with van der Waals surface area (Å²) in [5, 5.41) is 11.0. The van der Waals surface area contributed by atoms with E-state index in [1.807, 2.05) is 18.2 Å². The maximum Gasteiger partial charge on any atom is 0.276 e. The fourth-order valence-corrected chi connectivity index (χ4v) is 3.07. The molecular weight excluding hydrogens is 302 g/mol. The smallest absolute Gasteiger partial charge is 0.276 e. The maximum atomic E-state index is 11.0.